The van der Waals surface area contributed by atoms with Crippen LogP contribution in [0.5, 0.6) is 5.75 Å². The van der Waals surface area contributed by atoms with Crippen molar-refractivity contribution in [1.29, 1.82) is 0 Å². The zero-order chi connectivity index (χ0) is 12.7. The fourth-order valence-electron chi connectivity index (χ4n) is 3.38. The molecule has 2 unspecified atom stereocenters. The Labute approximate surface area is 108 Å². The highest BCUT2D eigenvalue weighted by molar-refractivity contribution is 5.86. The number of ether oxygens (including phenoxy) is 1. The highest BCUT2D eigenvalue weighted by atomic mass is 16.5. The third-order valence-corrected chi connectivity index (χ3v) is 4.00. The van der Waals surface area contributed by atoms with Gasteiger partial charge in [0, 0.05) is 16.6 Å². The SMILES string of the molecule is CCOc1ccc2[nH]c3c(c2c1)C(C)CC(C)C3. The Kier molecular flexibility index (Phi) is 2.81. The molecule has 0 radical (unpaired) electrons. The summed E-state index contributed by atoms with van der Waals surface area (Å²) in [4.78, 5) is 3.59. The van der Waals surface area contributed by atoms with Gasteiger partial charge in [-0.25, -0.2) is 0 Å². The monoisotopic (exact) mass is 243 g/mol. The highest BCUT2D eigenvalue weighted by Gasteiger charge is 2.25. The first-order chi connectivity index (χ1) is 8.69. The van der Waals surface area contributed by atoms with Crippen molar-refractivity contribution in [1.82, 2.24) is 4.98 Å². The van der Waals surface area contributed by atoms with Gasteiger partial charge in [0.1, 0.15) is 5.75 Å². The van der Waals surface area contributed by atoms with Crippen LogP contribution in [0.1, 0.15) is 44.4 Å². The average molecular weight is 243 g/mol. The van der Waals surface area contributed by atoms with E-state index in [2.05, 4.69) is 37.0 Å². The van der Waals surface area contributed by atoms with Crippen molar-refractivity contribution in [2.75, 3.05) is 6.61 Å². The second kappa shape index (κ2) is 4.34. The first-order valence-corrected chi connectivity index (χ1v) is 6.96. The maximum atomic E-state index is 5.62. The van der Waals surface area contributed by atoms with Crippen LogP contribution in [-0.2, 0) is 6.42 Å². The molecule has 18 heavy (non-hydrogen) atoms. The summed E-state index contributed by atoms with van der Waals surface area (Å²) in [5, 5.41) is 1.36. The van der Waals surface area contributed by atoms with Crippen molar-refractivity contribution >= 4 is 10.9 Å². The van der Waals surface area contributed by atoms with Crippen LogP contribution in [0.2, 0.25) is 0 Å². The molecule has 2 aromatic rings. The number of aromatic nitrogens is 1. The number of hydrogen-bond donors (Lipinski definition) is 1. The Morgan fingerprint density at radius 3 is 2.94 bits per heavy atom. The molecule has 2 heteroatoms. The molecule has 0 aliphatic heterocycles. The lowest BCUT2D eigenvalue weighted by Crippen LogP contribution is -2.13. The molecule has 1 heterocycles. The van der Waals surface area contributed by atoms with E-state index in [1.807, 2.05) is 6.92 Å². The normalized spacial score (nSPS) is 23.1. The number of rotatable bonds is 2. The molecule has 0 fully saturated rings. The molecular formula is C16H21NO. The second-order valence-electron chi connectivity index (χ2n) is 5.60. The first kappa shape index (κ1) is 11.6. The maximum absolute atomic E-state index is 5.62. The van der Waals surface area contributed by atoms with Crippen molar-refractivity contribution in [3.63, 3.8) is 0 Å². The maximum Gasteiger partial charge on any atom is 0.120 e. The van der Waals surface area contributed by atoms with E-state index in [-0.39, 0.29) is 0 Å². The summed E-state index contributed by atoms with van der Waals surface area (Å²) in [6, 6.07) is 6.40. The molecule has 0 amide bonds. The molecule has 3 rings (SSSR count). The number of aromatic amines is 1. The fraction of sp³-hybridized carbons (Fsp3) is 0.500. The third kappa shape index (κ3) is 1.80. The molecule has 0 bridgehead atoms. The summed E-state index contributed by atoms with van der Waals surface area (Å²) >= 11 is 0. The van der Waals surface area contributed by atoms with Crippen LogP contribution in [0, 0.1) is 5.92 Å². The second-order valence-corrected chi connectivity index (χ2v) is 5.60. The molecule has 1 N–H and O–H groups in total. The van der Waals surface area contributed by atoms with E-state index >= 15 is 0 Å². The van der Waals surface area contributed by atoms with Gasteiger partial charge in [-0.1, -0.05) is 13.8 Å². The summed E-state index contributed by atoms with van der Waals surface area (Å²) in [6.07, 6.45) is 2.47. The van der Waals surface area contributed by atoms with E-state index in [1.165, 1.54) is 35.0 Å². The molecule has 1 aliphatic rings. The fourth-order valence-corrected chi connectivity index (χ4v) is 3.38. The highest BCUT2D eigenvalue weighted by Crippen LogP contribution is 2.39. The van der Waals surface area contributed by atoms with Crippen LogP contribution in [0.4, 0.5) is 0 Å². The Balaban J connectivity index is 2.14. The van der Waals surface area contributed by atoms with Crippen LogP contribution in [0.25, 0.3) is 10.9 Å². The molecule has 0 saturated carbocycles. The molecule has 2 atom stereocenters. The van der Waals surface area contributed by atoms with Gasteiger partial charge in [-0.3, -0.25) is 0 Å². The minimum atomic E-state index is 0.648. The summed E-state index contributed by atoms with van der Waals surface area (Å²) in [7, 11) is 0. The Bertz CT molecular complexity index is 570. The first-order valence-electron chi connectivity index (χ1n) is 6.96. The smallest absolute Gasteiger partial charge is 0.120 e. The van der Waals surface area contributed by atoms with Gasteiger partial charge >= 0.3 is 0 Å². The molecule has 0 saturated heterocycles. The largest absolute Gasteiger partial charge is 0.494 e. The van der Waals surface area contributed by atoms with E-state index in [4.69, 9.17) is 4.74 Å². The standard InChI is InChI=1S/C16H21NO/c1-4-18-12-5-6-14-13(9-12)16-11(3)7-10(2)8-15(16)17-14/h5-6,9-11,17H,4,7-8H2,1-3H3. The van der Waals surface area contributed by atoms with Crippen molar-refractivity contribution < 1.29 is 4.74 Å². The van der Waals surface area contributed by atoms with Crippen LogP contribution >= 0.6 is 0 Å². The Hall–Kier alpha value is -1.44. The van der Waals surface area contributed by atoms with Crippen molar-refractivity contribution in [2.24, 2.45) is 5.92 Å². The van der Waals surface area contributed by atoms with Crippen LogP contribution in [-0.4, -0.2) is 11.6 Å². The van der Waals surface area contributed by atoms with E-state index in [0.29, 0.717) is 5.92 Å². The molecule has 1 aromatic carbocycles. The topological polar surface area (TPSA) is 25.0 Å². The van der Waals surface area contributed by atoms with Gasteiger partial charge in [0.2, 0.25) is 0 Å². The third-order valence-electron chi connectivity index (χ3n) is 4.00. The van der Waals surface area contributed by atoms with Crippen molar-refractivity contribution in [2.45, 2.75) is 39.5 Å². The number of nitrogens with one attached hydrogen (secondary N) is 1. The zero-order valence-electron chi connectivity index (χ0n) is 11.4. The van der Waals surface area contributed by atoms with Gasteiger partial charge < -0.3 is 9.72 Å². The molecule has 0 spiro atoms. The van der Waals surface area contributed by atoms with Gasteiger partial charge in [-0.2, -0.15) is 0 Å². The Morgan fingerprint density at radius 1 is 1.33 bits per heavy atom. The predicted molar refractivity (Wildman–Crippen MR) is 75.4 cm³/mol. The van der Waals surface area contributed by atoms with Crippen LogP contribution < -0.4 is 4.74 Å². The predicted octanol–water partition coefficient (Wildman–Crippen LogP) is 4.25. The average Bonchev–Trinajstić information content (AvgIpc) is 2.66. The summed E-state index contributed by atoms with van der Waals surface area (Å²) in [5.74, 6) is 2.42. The minimum Gasteiger partial charge on any atom is -0.494 e. The summed E-state index contributed by atoms with van der Waals surface area (Å²) in [6.45, 7) is 7.44. The Morgan fingerprint density at radius 2 is 2.17 bits per heavy atom. The summed E-state index contributed by atoms with van der Waals surface area (Å²) in [5.41, 5.74) is 4.21. The molecule has 1 aliphatic carbocycles. The number of fused-ring (bicyclic) bond motifs is 3. The molecule has 96 valence electrons. The van der Waals surface area contributed by atoms with E-state index in [1.54, 1.807) is 0 Å². The van der Waals surface area contributed by atoms with Crippen LogP contribution in [0.3, 0.4) is 0 Å². The van der Waals surface area contributed by atoms with Crippen molar-refractivity contribution in [3.8, 4) is 5.75 Å². The van der Waals surface area contributed by atoms with Gasteiger partial charge in [0.25, 0.3) is 0 Å². The van der Waals surface area contributed by atoms with E-state index in [0.717, 1.165) is 18.3 Å². The molecule has 1 aromatic heterocycles. The van der Waals surface area contributed by atoms with Gasteiger partial charge in [0.15, 0.2) is 0 Å². The minimum absolute atomic E-state index is 0.648. The molecule has 2 nitrogen and oxygen atoms in total. The zero-order valence-corrected chi connectivity index (χ0v) is 11.4. The quantitative estimate of drug-likeness (QED) is 0.838. The number of H-pyrrole nitrogens is 1. The number of benzene rings is 1. The summed E-state index contributed by atoms with van der Waals surface area (Å²) < 4.78 is 5.62. The lowest BCUT2D eigenvalue weighted by atomic mass is 9.81. The van der Waals surface area contributed by atoms with E-state index < -0.39 is 0 Å². The van der Waals surface area contributed by atoms with Crippen molar-refractivity contribution in [3.05, 3.63) is 29.5 Å². The van der Waals surface area contributed by atoms with Crippen LogP contribution in [0.15, 0.2) is 18.2 Å². The lowest BCUT2D eigenvalue weighted by molar-refractivity contribution is 0.340. The van der Waals surface area contributed by atoms with E-state index in [9.17, 15) is 0 Å². The van der Waals surface area contributed by atoms with Gasteiger partial charge in [-0.15, -0.1) is 0 Å². The van der Waals surface area contributed by atoms with Gasteiger partial charge in [-0.05, 0) is 55.4 Å². The number of hydrogen-bond acceptors (Lipinski definition) is 1. The van der Waals surface area contributed by atoms with Gasteiger partial charge in [0.05, 0.1) is 6.61 Å². The molecular weight excluding hydrogens is 222 g/mol. The lowest BCUT2D eigenvalue weighted by Gasteiger charge is -2.24.